The molecule has 0 radical (unpaired) electrons. The third kappa shape index (κ3) is 7.67. The van der Waals surface area contributed by atoms with Crippen molar-refractivity contribution in [3.8, 4) is 5.75 Å². The molecule has 4 aromatic carbocycles. The maximum atomic E-state index is 14.0. The molecule has 0 aromatic heterocycles. The maximum absolute atomic E-state index is 14.0. The van der Waals surface area contributed by atoms with Gasteiger partial charge in [0.05, 0.1) is 34.3 Å². The number of ether oxygens (including phenoxy) is 1. The van der Waals surface area contributed by atoms with E-state index in [9.17, 15) is 31.2 Å². The third-order valence-corrected chi connectivity index (χ3v) is 10.9. The van der Waals surface area contributed by atoms with Gasteiger partial charge in [-0.15, -0.1) is 0 Å². The summed E-state index contributed by atoms with van der Waals surface area (Å²) in [7, 11) is -7.41. The molecular weight excluding hydrogens is 661 g/mol. The number of nitrogens with two attached hydrogens (primary N) is 3. The van der Waals surface area contributed by atoms with Gasteiger partial charge in [-0.2, -0.15) is 0 Å². The smallest absolute Gasteiger partial charge is 0.264 e. The van der Waals surface area contributed by atoms with Crippen LogP contribution in [0.3, 0.4) is 0 Å². The second-order valence-electron chi connectivity index (χ2n) is 10.7. The molecule has 0 saturated carbocycles. The molecule has 14 nitrogen and oxygen atoms in total. The summed E-state index contributed by atoms with van der Waals surface area (Å²) in [6.45, 7) is 0.404. The third-order valence-electron chi connectivity index (χ3n) is 7.31. The van der Waals surface area contributed by atoms with Crippen molar-refractivity contribution in [3.63, 3.8) is 0 Å². The Labute approximate surface area is 278 Å². The number of nitrogens with zero attached hydrogens (tertiary/aromatic N) is 2. The molecule has 0 bridgehead atoms. The van der Waals surface area contributed by atoms with E-state index in [1.54, 1.807) is 18.2 Å². The van der Waals surface area contributed by atoms with Crippen molar-refractivity contribution < 1.29 is 36.0 Å². The summed E-state index contributed by atoms with van der Waals surface area (Å²) in [6, 6.07) is 19.0. The van der Waals surface area contributed by atoms with E-state index in [2.05, 4.69) is 5.32 Å². The molecule has 0 saturated heterocycles. The van der Waals surface area contributed by atoms with Gasteiger partial charge in [0.15, 0.2) is 0 Å². The summed E-state index contributed by atoms with van der Waals surface area (Å²) in [5.41, 5.74) is 17.2. The van der Waals surface area contributed by atoms with Gasteiger partial charge in [0.25, 0.3) is 20.0 Å². The monoisotopic (exact) mass is 696 g/mol. The van der Waals surface area contributed by atoms with Crippen molar-refractivity contribution in [3.05, 3.63) is 84.9 Å². The van der Waals surface area contributed by atoms with E-state index in [1.165, 1.54) is 73.8 Å². The Morgan fingerprint density at radius 2 is 1.17 bits per heavy atom. The minimum Gasteiger partial charge on any atom is -0.497 e. The summed E-state index contributed by atoms with van der Waals surface area (Å²) in [4.78, 5) is 36.4. The van der Waals surface area contributed by atoms with Crippen molar-refractivity contribution >= 4 is 65.6 Å². The largest absolute Gasteiger partial charge is 0.497 e. The van der Waals surface area contributed by atoms with Gasteiger partial charge >= 0.3 is 0 Å². The van der Waals surface area contributed by atoms with Gasteiger partial charge in [0, 0.05) is 16.5 Å². The Bertz CT molecular complexity index is 2040. The number of rotatable bonds is 15. The van der Waals surface area contributed by atoms with Gasteiger partial charge < -0.3 is 27.3 Å². The van der Waals surface area contributed by atoms with Crippen LogP contribution in [0.4, 0.5) is 17.1 Å². The summed E-state index contributed by atoms with van der Waals surface area (Å²) in [5, 5.41) is 3.11. The molecule has 0 spiro atoms. The highest BCUT2D eigenvalue weighted by atomic mass is 32.2. The fraction of sp³-hybridized carbons (Fsp3) is 0.219. The lowest BCUT2D eigenvalue weighted by molar-refractivity contribution is -0.118. The van der Waals surface area contributed by atoms with Crippen LogP contribution in [0.2, 0.25) is 0 Å². The van der Waals surface area contributed by atoms with E-state index in [1.807, 2.05) is 6.92 Å². The number of sulfonamides is 2. The first-order chi connectivity index (χ1) is 22.7. The van der Waals surface area contributed by atoms with E-state index in [-0.39, 0.29) is 31.9 Å². The van der Waals surface area contributed by atoms with E-state index in [4.69, 9.17) is 21.9 Å². The molecule has 0 unspecified atom stereocenters. The summed E-state index contributed by atoms with van der Waals surface area (Å²) < 4.78 is 62.5. The van der Waals surface area contributed by atoms with Crippen molar-refractivity contribution in [2.75, 3.05) is 34.1 Å². The van der Waals surface area contributed by atoms with Crippen molar-refractivity contribution in [1.82, 2.24) is 0 Å². The Morgan fingerprint density at radius 3 is 1.56 bits per heavy atom. The lowest BCUT2D eigenvalue weighted by Crippen LogP contribution is -2.39. The number of methoxy groups -OCH3 is 1. The second-order valence-corrected chi connectivity index (χ2v) is 14.4. The molecular formula is C32H36N6O8S2. The molecule has 0 aliphatic carbocycles. The molecule has 48 heavy (non-hydrogen) atoms. The molecule has 1 atom stereocenters. The molecule has 16 heteroatoms. The minimum absolute atomic E-state index is 0.0111. The van der Waals surface area contributed by atoms with Crippen LogP contribution in [0.5, 0.6) is 5.75 Å². The van der Waals surface area contributed by atoms with Gasteiger partial charge in [-0.3, -0.25) is 23.0 Å². The minimum atomic E-state index is -4.46. The number of anilines is 3. The van der Waals surface area contributed by atoms with Crippen LogP contribution in [-0.4, -0.2) is 60.8 Å². The number of hydrogen-bond acceptors (Lipinski definition) is 9. The Balaban J connectivity index is 1.82. The fourth-order valence-corrected chi connectivity index (χ4v) is 7.87. The molecule has 4 aromatic rings. The number of benzene rings is 4. The summed E-state index contributed by atoms with van der Waals surface area (Å²) in [5.74, 6) is -1.91. The zero-order valence-electron chi connectivity index (χ0n) is 26.2. The number of primary amides is 2. The van der Waals surface area contributed by atoms with Crippen LogP contribution in [0, 0.1) is 0 Å². The van der Waals surface area contributed by atoms with Crippen LogP contribution < -0.4 is 35.9 Å². The highest BCUT2D eigenvalue weighted by Crippen LogP contribution is 2.38. The first kappa shape index (κ1) is 35.7. The van der Waals surface area contributed by atoms with E-state index < -0.39 is 56.9 Å². The maximum Gasteiger partial charge on any atom is 0.264 e. The lowest BCUT2D eigenvalue weighted by Gasteiger charge is -2.28. The van der Waals surface area contributed by atoms with E-state index in [0.717, 1.165) is 8.61 Å². The van der Waals surface area contributed by atoms with E-state index >= 15 is 0 Å². The predicted octanol–water partition coefficient (Wildman–Crippen LogP) is 2.28. The van der Waals surface area contributed by atoms with Gasteiger partial charge in [-0.25, -0.2) is 16.8 Å². The Kier molecular flexibility index (Phi) is 10.9. The fourth-order valence-electron chi connectivity index (χ4n) is 4.97. The normalized spacial score (nSPS) is 12.2. The van der Waals surface area contributed by atoms with Crippen LogP contribution in [0.15, 0.2) is 94.7 Å². The van der Waals surface area contributed by atoms with Gasteiger partial charge in [0.1, 0.15) is 18.8 Å². The first-order valence-corrected chi connectivity index (χ1v) is 17.5. The quantitative estimate of drug-likeness (QED) is 0.143. The molecule has 4 rings (SSSR count). The van der Waals surface area contributed by atoms with Crippen LogP contribution in [0.1, 0.15) is 19.8 Å². The number of hydrogen-bond donors (Lipinski definition) is 4. The Hall–Kier alpha value is -5.19. The van der Waals surface area contributed by atoms with Crippen LogP contribution in [0.25, 0.3) is 10.8 Å². The standard InChI is InChI=1S/C32H36N6O8S2/c1-3-6-27(33)32(41)36-21-9-13-23(14-10-21)47(42,43)37(19-30(34)39)28-17-18-29(26-8-5-4-7-25(26)28)38(20-31(35)40)48(44,45)24-15-11-22(46-2)12-16-24/h4-5,7-18,27H,3,6,19-20,33H2,1-2H3,(H2,34,39)(H2,35,40)(H,36,41)/t27-/m1/s1. The van der Waals surface area contributed by atoms with Crippen molar-refractivity contribution in [1.29, 1.82) is 0 Å². The van der Waals surface area contributed by atoms with Crippen molar-refractivity contribution in [2.24, 2.45) is 17.2 Å². The van der Waals surface area contributed by atoms with Crippen LogP contribution >= 0.6 is 0 Å². The number of nitrogens with one attached hydrogen (secondary N) is 1. The number of carbonyl (C=O) groups is 3. The highest BCUT2D eigenvalue weighted by Gasteiger charge is 2.32. The summed E-state index contributed by atoms with van der Waals surface area (Å²) >= 11 is 0. The molecule has 3 amide bonds. The number of fused-ring (bicyclic) bond motifs is 1. The van der Waals surface area contributed by atoms with Crippen molar-refractivity contribution in [2.45, 2.75) is 35.6 Å². The van der Waals surface area contributed by atoms with Crippen LogP contribution in [-0.2, 0) is 34.4 Å². The zero-order valence-corrected chi connectivity index (χ0v) is 27.8. The molecule has 0 aliphatic rings. The zero-order chi connectivity index (χ0) is 35.2. The average molecular weight is 697 g/mol. The molecule has 0 heterocycles. The molecule has 0 aliphatic heterocycles. The van der Waals surface area contributed by atoms with Gasteiger partial charge in [-0.05, 0) is 67.1 Å². The predicted molar refractivity (Wildman–Crippen MR) is 182 cm³/mol. The average Bonchev–Trinajstić information content (AvgIpc) is 3.06. The first-order valence-electron chi connectivity index (χ1n) is 14.6. The number of carbonyl (C=O) groups excluding carboxylic acids is 3. The highest BCUT2D eigenvalue weighted by molar-refractivity contribution is 7.93. The van der Waals surface area contributed by atoms with E-state index in [0.29, 0.717) is 24.3 Å². The SMILES string of the molecule is CCC[C@@H](N)C(=O)Nc1ccc(S(=O)(=O)N(CC(N)=O)c2ccc(N(CC(N)=O)S(=O)(=O)c3ccc(OC)cc3)c3ccccc23)cc1. The van der Waals surface area contributed by atoms with Gasteiger partial charge in [0.2, 0.25) is 17.7 Å². The molecule has 7 N–H and O–H groups in total. The second kappa shape index (κ2) is 14.7. The summed E-state index contributed by atoms with van der Waals surface area (Å²) in [6.07, 6.45) is 1.18. The number of amides is 3. The lowest BCUT2D eigenvalue weighted by atomic mass is 10.1. The molecule has 0 fully saturated rings. The Morgan fingerprint density at radius 1 is 0.729 bits per heavy atom. The molecule has 254 valence electrons. The topological polar surface area (TPSA) is 225 Å². The van der Waals surface area contributed by atoms with Gasteiger partial charge in [-0.1, -0.05) is 37.6 Å².